The molecule has 0 amide bonds. The zero-order valence-corrected chi connectivity index (χ0v) is 12.2. The van der Waals surface area contributed by atoms with E-state index in [9.17, 15) is 4.39 Å². The van der Waals surface area contributed by atoms with Crippen LogP contribution >= 0.6 is 0 Å². The highest BCUT2D eigenvalue weighted by Gasteiger charge is 2.25. The number of hydrogen-bond donors (Lipinski definition) is 1. The molecule has 1 fully saturated rings. The average Bonchev–Trinajstić information content (AvgIpc) is 2.68. The summed E-state index contributed by atoms with van der Waals surface area (Å²) in [6.07, 6.45) is 7.72. The van der Waals surface area contributed by atoms with Gasteiger partial charge in [0.15, 0.2) is 0 Å². The number of benzene rings is 1. The lowest BCUT2D eigenvalue weighted by atomic mass is 9.86. The van der Waals surface area contributed by atoms with E-state index in [2.05, 4.69) is 12.2 Å². The third-order valence-electron chi connectivity index (χ3n) is 4.28. The summed E-state index contributed by atoms with van der Waals surface area (Å²) in [7, 11) is 0. The van der Waals surface area contributed by atoms with Gasteiger partial charge in [0.2, 0.25) is 0 Å². The summed E-state index contributed by atoms with van der Waals surface area (Å²) in [6, 6.07) is 5.68. The number of aryl methyl sites for hydroxylation is 1. The van der Waals surface area contributed by atoms with Crippen molar-refractivity contribution < 1.29 is 4.39 Å². The Morgan fingerprint density at radius 1 is 1.21 bits per heavy atom. The Kier molecular flexibility index (Phi) is 5.38. The molecule has 0 aromatic heterocycles. The fourth-order valence-corrected chi connectivity index (χ4v) is 3.30. The smallest absolute Gasteiger partial charge is 0.128 e. The third kappa shape index (κ3) is 3.79. The molecule has 0 aliphatic heterocycles. The van der Waals surface area contributed by atoms with E-state index in [0.29, 0.717) is 5.92 Å². The van der Waals surface area contributed by atoms with Crippen molar-refractivity contribution in [3.63, 3.8) is 0 Å². The molecule has 0 heterocycles. The molecule has 1 N–H and O–H groups in total. The first-order valence-electron chi connectivity index (χ1n) is 7.71. The quantitative estimate of drug-likeness (QED) is 0.773. The van der Waals surface area contributed by atoms with Crippen molar-refractivity contribution in [3.8, 4) is 0 Å². The molecule has 1 saturated carbocycles. The van der Waals surface area contributed by atoms with Crippen molar-refractivity contribution in [2.24, 2.45) is 5.92 Å². The molecular weight excluding hydrogens is 237 g/mol. The van der Waals surface area contributed by atoms with Gasteiger partial charge < -0.3 is 5.32 Å². The first kappa shape index (κ1) is 14.5. The number of rotatable bonds is 4. The monoisotopic (exact) mass is 263 g/mol. The van der Waals surface area contributed by atoms with Crippen molar-refractivity contribution in [2.75, 3.05) is 6.54 Å². The summed E-state index contributed by atoms with van der Waals surface area (Å²) in [5.41, 5.74) is 2.02. The standard InChI is InChI=1S/C17H26FN/c1-3-19-17(14-8-6-4-5-7-9-14)15-12-13(2)10-11-16(15)18/h10-12,14,17,19H,3-9H2,1-2H3. The number of nitrogens with one attached hydrogen (secondary N) is 1. The van der Waals surface area contributed by atoms with Crippen LogP contribution < -0.4 is 5.32 Å². The van der Waals surface area contributed by atoms with Crippen LogP contribution in [-0.4, -0.2) is 6.54 Å². The Morgan fingerprint density at radius 2 is 1.89 bits per heavy atom. The molecule has 1 aromatic carbocycles. The van der Waals surface area contributed by atoms with Crippen LogP contribution in [0.4, 0.5) is 4.39 Å². The van der Waals surface area contributed by atoms with Crippen LogP contribution in [0.2, 0.25) is 0 Å². The van der Waals surface area contributed by atoms with Crippen LogP contribution in [0.25, 0.3) is 0 Å². The normalized spacial score (nSPS) is 19.1. The summed E-state index contributed by atoms with van der Waals surface area (Å²) in [6.45, 7) is 5.05. The van der Waals surface area contributed by atoms with Crippen LogP contribution in [0, 0.1) is 18.7 Å². The van der Waals surface area contributed by atoms with Crippen molar-refractivity contribution in [1.82, 2.24) is 5.32 Å². The number of hydrogen-bond acceptors (Lipinski definition) is 1. The maximum absolute atomic E-state index is 14.2. The van der Waals surface area contributed by atoms with Gasteiger partial charge in [-0.05, 0) is 38.3 Å². The van der Waals surface area contributed by atoms with Crippen LogP contribution in [-0.2, 0) is 0 Å². The van der Waals surface area contributed by atoms with Crippen LogP contribution in [0.3, 0.4) is 0 Å². The summed E-state index contributed by atoms with van der Waals surface area (Å²) in [5.74, 6) is 0.527. The van der Waals surface area contributed by atoms with E-state index >= 15 is 0 Å². The maximum Gasteiger partial charge on any atom is 0.128 e. The van der Waals surface area contributed by atoms with Gasteiger partial charge in [0, 0.05) is 11.6 Å². The first-order chi connectivity index (χ1) is 9.22. The molecular formula is C17H26FN. The van der Waals surface area contributed by atoms with Crippen molar-refractivity contribution in [2.45, 2.75) is 58.4 Å². The second-order valence-electron chi connectivity index (χ2n) is 5.81. The van der Waals surface area contributed by atoms with Gasteiger partial charge in [-0.2, -0.15) is 0 Å². The molecule has 1 nitrogen and oxygen atoms in total. The first-order valence-corrected chi connectivity index (χ1v) is 7.71. The second-order valence-corrected chi connectivity index (χ2v) is 5.81. The van der Waals surface area contributed by atoms with Gasteiger partial charge in [0.05, 0.1) is 0 Å². The van der Waals surface area contributed by atoms with Gasteiger partial charge in [-0.25, -0.2) is 4.39 Å². The summed E-state index contributed by atoms with van der Waals surface area (Å²) in [4.78, 5) is 0. The summed E-state index contributed by atoms with van der Waals surface area (Å²) in [5, 5.41) is 3.52. The van der Waals surface area contributed by atoms with E-state index in [1.165, 1.54) is 38.5 Å². The molecule has 19 heavy (non-hydrogen) atoms. The fraction of sp³-hybridized carbons (Fsp3) is 0.647. The average molecular weight is 263 g/mol. The van der Waals surface area contributed by atoms with Gasteiger partial charge in [0.25, 0.3) is 0 Å². The molecule has 1 unspecified atom stereocenters. The maximum atomic E-state index is 14.2. The molecule has 0 radical (unpaired) electrons. The lowest BCUT2D eigenvalue weighted by Crippen LogP contribution is -2.29. The van der Waals surface area contributed by atoms with Gasteiger partial charge >= 0.3 is 0 Å². The number of halogens is 1. The highest BCUT2D eigenvalue weighted by Crippen LogP contribution is 2.34. The fourth-order valence-electron chi connectivity index (χ4n) is 3.30. The highest BCUT2D eigenvalue weighted by atomic mass is 19.1. The topological polar surface area (TPSA) is 12.0 Å². The zero-order chi connectivity index (χ0) is 13.7. The Balaban J connectivity index is 2.24. The predicted octanol–water partition coefficient (Wildman–Crippen LogP) is 4.76. The predicted molar refractivity (Wildman–Crippen MR) is 78.7 cm³/mol. The molecule has 0 spiro atoms. The minimum Gasteiger partial charge on any atom is -0.310 e. The lowest BCUT2D eigenvalue weighted by molar-refractivity contribution is 0.322. The van der Waals surface area contributed by atoms with Crippen LogP contribution in [0.15, 0.2) is 18.2 Å². The Morgan fingerprint density at radius 3 is 2.53 bits per heavy atom. The molecule has 1 aliphatic carbocycles. The van der Waals surface area contributed by atoms with E-state index in [1.54, 1.807) is 6.07 Å². The van der Waals surface area contributed by atoms with E-state index < -0.39 is 0 Å². The highest BCUT2D eigenvalue weighted by molar-refractivity contribution is 5.27. The molecule has 2 rings (SSSR count). The molecule has 1 aromatic rings. The largest absolute Gasteiger partial charge is 0.310 e. The van der Waals surface area contributed by atoms with Crippen molar-refractivity contribution >= 4 is 0 Å². The SMILES string of the molecule is CCNC(c1cc(C)ccc1F)C1CCCCCC1. The van der Waals surface area contributed by atoms with Gasteiger partial charge in [-0.3, -0.25) is 0 Å². The van der Waals surface area contributed by atoms with E-state index in [1.807, 2.05) is 19.1 Å². The zero-order valence-electron chi connectivity index (χ0n) is 12.2. The molecule has 0 bridgehead atoms. The van der Waals surface area contributed by atoms with Gasteiger partial charge in [0.1, 0.15) is 5.82 Å². The molecule has 2 heteroatoms. The molecule has 106 valence electrons. The molecule has 1 atom stereocenters. The Bertz CT molecular complexity index is 394. The lowest BCUT2D eigenvalue weighted by Gasteiger charge is -2.28. The van der Waals surface area contributed by atoms with Crippen molar-refractivity contribution in [3.05, 3.63) is 35.1 Å². The summed E-state index contributed by atoms with van der Waals surface area (Å²) >= 11 is 0. The third-order valence-corrected chi connectivity index (χ3v) is 4.28. The minimum absolute atomic E-state index is 0.0548. The van der Waals surface area contributed by atoms with Gasteiger partial charge in [-0.15, -0.1) is 0 Å². The van der Waals surface area contributed by atoms with Crippen LogP contribution in [0.5, 0.6) is 0 Å². The second kappa shape index (κ2) is 7.04. The van der Waals surface area contributed by atoms with Gasteiger partial charge in [-0.1, -0.05) is 50.3 Å². The van der Waals surface area contributed by atoms with E-state index in [4.69, 9.17) is 0 Å². The van der Waals surface area contributed by atoms with E-state index in [-0.39, 0.29) is 11.9 Å². The minimum atomic E-state index is -0.0548. The van der Waals surface area contributed by atoms with Crippen molar-refractivity contribution in [1.29, 1.82) is 0 Å². The molecule has 0 saturated heterocycles. The molecule has 1 aliphatic rings. The van der Waals surface area contributed by atoms with Crippen LogP contribution in [0.1, 0.15) is 62.6 Å². The summed E-state index contributed by atoms with van der Waals surface area (Å²) < 4.78 is 14.2. The Hall–Kier alpha value is -0.890. The van der Waals surface area contributed by atoms with E-state index in [0.717, 1.165) is 17.7 Å². The Labute approximate surface area is 116 Å².